The summed E-state index contributed by atoms with van der Waals surface area (Å²) in [7, 11) is 0. The topological polar surface area (TPSA) is 38.7 Å². The Morgan fingerprint density at radius 1 is 1.43 bits per heavy atom. The van der Waals surface area contributed by atoms with Crippen molar-refractivity contribution >= 4 is 28.6 Å². The Morgan fingerprint density at radius 3 is 2.36 bits per heavy atom. The Hall–Kier alpha value is -1.30. The molecule has 0 heterocycles. The zero-order chi connectivity index (χ0) is 10.7. The van der Waals surface area contributed by atoms with E-state index in [9.17, 15) is 13.6 Å². The molecule has 0 aliphatic rings. The van der Waals surface area contributed by atoms with E-state index in [-0.39, 0.29) is 4.47 Å². The molecule has 0 bridgehead atoms. The lowest BCUT2D eigenvalue weighted by molar-refractivity contribution is 0.0510. The van der Waals surface area contributed by atoms with E-state index < -0.39 is 23.2 Å². The van der Waals surface area contributed by atoms with Crippen LogP contribution in [0.15, 0.2) is 21.8 Å². The van der Waals surface area contributed by atoms with Crippen LogP contribution in [0, 0.1) is 11.6 Å². The van der Waals surface area contributed by atoms with E-state index in [2.05, 4.69) is 32.6 Å². The predicted octanol–water partition coefficient (Wildman–Crippen LogP) is 2.50. The van der Waals surface area contributed by atoms with Gasteiger partial charge in [0.1, 0.15) is 17.2 Å². The van der Waals surface area contributed by atoms with E-state index in [4.69, 9.17) is 0 Å². The molecule has 0 saturated carbocycles. The van der Waals surface area contributed by atoms with Crippen LogP contribution in [-0.4, -0.2) is 12.7 Å². The van der Waals surface area contributed by atoms with Crippen molar-refractivity contribution in [3.05, 3.63) is 33.8 Å². The highest BCUT2D eigenvalue weighted by Crippen LogP contribution is 2.20. The van der Waals surface area contributed by atoms with Crippen LogP contribution in [-0.2, 0) is 4.84 Å². The summed E-state index contributed by atoms with van der Waals surface area (Å²) in [6.45, 7) is 2.86. The molecule has 0 aliphatic heterocycles. The molecule has 0 amide bonds. The molecule has 6 heteroatoms. The average Bonchev–Trinajstić information content (AvgIpc) is 2.01. The second-order valence-corrected chi connectivity index (χ2v) is 3.17. The first-order valence-corrected chi connectivity index (χ1v) is 4.17. The molecule has 0 radical (unpaired) electrons. The minimum absolute atomic E-state index is 0.190. The quantitative estimate of drug-likeness (QED) is 0.467. The fourth-order valence-corrected chi connectivity index (χ4v) is 1.24. The molecule has 1 rings (SSSR count). The number of hydrogen-bond donors (Lipinski definition) is 0. The highest BCUT2D eigenvalue weighted by atomic mass is 79.9. The van der Waals surface area contributed by atoms with Crippen molar-refractivity contribution in [2.24, 2.45) is 5.16 Å². The standard InChI is InChI=1S/C8H4BrF2NO2/c1-12-14-8(13)7-5(10)2-4(9)3-6(7)11/h2-3H,1H2. The largest absolute Gasteiger partial charge is 0.371 e. The van der Waals surface area contributed by atoms with Crippen LogP contribution in [0.2, 0.25) is 0 Å². The third-order valence-electron chi connectivity index (χ3n) is 1.36. The Labute approximate surface area is 86.5 Å². The Morgan fingerprint density at radius 2 is 1.93 bits per heavy atom. The fraction of sp³-hybridized carbons (Fsp3) is 0. The molecule has 0 aromatic heterocycles. The van der Waals surface area contributed by atoms with E-state index in [0.29, 0.717) is 0 Å². The maximum atomic E-state index is 13.1. The molecule has 0 N–H and O–H groups in total. The summed E-state index contributed by atoms with van der Waals surface area (Å²) >= 11 is 2.87. The summed E-state index contributed by atoms with van der Waals surface area (Å²) in [6.07, 6.45) is 0. The van der Waals surface area contributed by atoms with Gasteiger partial charge in [-0.1, -0.05) is 21.1 Å². The summed E-state index contributed by atoms with van der Waals surface area (Å²) in [5, 5.41) is 2.77. The van der Waals surface area contributed by atoms with E-state index in [0.717, 1.165) is 12.1 Å². The highest BCUT2D eigenvalue weighted by molar-refractivity contribution is 9.10. The van der Waals surface area contributed by atoms with Gasteiger partial charge in [0.15, 0.2) is 0 Å². The van der Waals surface area contributed by atoms with Crippen molar-refractivity contribution in [2.45, 2.75) is 0 Å². The van der Waals surface area contributed by atoms with Gasteiger partial charge < -0.3 is 4.84 Å². The third-order valence-corrected chi connectivity index (χ3v) is 1.82. The molecule has 0 atom stereocenters. The summed E-state index contributed by atoms with van der Waals surface area (Å²) in [4.78, 5) is 15.0. The Bertz CT molecular complexity index is 372. The van der Waals surface area contributed by atoms with Gasteiger partial charge in [-0.15, -0.1) is 0 Å². The van der Waals surface area contributed by atoms with Gasteiger partial charge in [0.25, 0.3) is 0 Å². The van der Waals surface area contributed by atoms with Crippen molar-refractivity contribution in [3.63, 3.8) is 0 Å². The van der Waals surface area contributed by atoms with E-state index in [1.807, 2.05) is 0 Å². The number of oxime groups is 1. The summed E-state index contributed by atoms with van der Waals surface area (Å²) in [6, 6.07) is 1.89. The first-order chi connectivity index (χ1) is 6.56. The predicted molar refractivity (Wildman–Crippen MR) is 49.0 cm³/mol. The zero-order valence-corrected chi connectivity index (χ0v) is 8.35. The molecule has 74 valence electrons. The van der Waals surface area contributed by atoms with Crippen molar-refractivity contribution in [2.75, 3.05) is 0 Å². The van der Waals surface area contributed by atoms with Crippen LogP contribution in [0.4, 0.5) is 8.78 Å². The van der Waals surface area contributed by atoms with Crippen molar-refractivity contribution in [1.82, 2.24) is 0 Å². The number of hydrogen-bond acceptors (Lipinski definition) is 3. The average molecular weight is 264 g/mol. The molecule has 0 fully saturated rings. The molecular formula is C8H4BrF2NO2. The van der Waals surface area contributed by atoms with Crippen LogP contribution >= 0.6 is 15.9 Å². The molecule has 0 saturated heterocycles. The van der Waals surface area contributed by atoms with Crippen LogP contribution in [0.5, 0.6) is 0 Å². The molecule has 1 aromatic rings. The van der Waals surface area contributed by atoms with E-state index in [1.54, 1.807) is 0 Å². The van der Waals surface area contributed by atoms with Gasteiger partial charge in [-0.05, 0) is 12.1 Å². The normalized spacial score (nSPS) is 9.64. The van der Waals surface area contributed by atoms with Gasteiger partial charge in [0.05, 0.1) is 0 Å². The molecule has 14 heavy (non-hydrogen) atoms. The third kappa shape index (κ3) is 2.14. The van der Waals surface area contributed by atoms with E-state index in [1.165, 1.54) is 0 Å². The smallest absolute Gasteiger partial charge is 0.313 e. The van der Waals surface area contributed by atoms with Crippen LogP contribution in [0.3, 0.4) is 0 Å². The lowest BCUT2D eigenvalue weighted by atomic mass is 10.2. The molecular weight excluding hydrogens is 260 g/mol. The van der Waals surface area contributed by atoms with Gasteiger partial charge in [-0.3, -0.25) is 0 Å². The molecule has 1 aromatic carbocycles. The van der Waals surface area contributed by atoms with Crippen LogP contribution in [0.1, 0.15) is 10.4 Å². The maximum Gasteiger partial charge on any atom is 0.371 e. The number of nitrogens with zero attached hydrogens (tertiary/aromatic N) is 1. The number of carbonyl (C=O) groups is 1. The van der Waals surface area contributed by atoms with Gasteiger partial charge in [-0.25, -0.2) is 13.6 Å². The van der Waals surface area contributed by atoms with Gasteiger partial charge in [0.2, 0.25) is 0 Å². The van der Waals surface area contributed by atoms with E-state index >= 15 is 0 Å². The van der Waals surface area contributed by atoms with Gasteiger partial charge in [0, 0.05) is 11.2 Å². The first-order valence-electron chi connectivity index (χ1n) is 3.38. The number of benzene rings is 1. The molecule has 0 unspecified atom stereocenters. The molecule has 0 aliphatic carbocycles. The number of rotatable bonds is 2. The second kappa shape index (κ2) is 4.28. The fourth-order valence-electron chi connectivity index (χ4n) is 0.841. The van der Waals surface area contributed by atoms with Crippen molar-refractivity contribution < 1.29 is 18.4 Å². The molecule has 0 spiro atoms. The van der Waals surface area contributed by atoms with Crippen molar-refractivity contribution in [3.8, 4) is 0 Å². The lowest BCUT2D eigenvalue weighted by Crippen LogP contribution is -2.07. The highest BCUT2D eigenvalue weighted by Gasteiger charge is 2.19. The SMILES string of the molecule is C=NOC(=O)c1c(F)cc(Br)cc1F. The Balaban J connectivity index is 3.20. The lowest BCUT2D eigenvalue weighted by Gasteiger charge is -2.01. The zero-order valence-electron chi connectivity index (χ0n) is 6.76. The first kappa shape index (κ1) is 10.8. The van der Waals surface area contributed by atoms with Gasteiger partial charge in [-0.2, -0.15) is 0 Å². The number of carbonyl (C=O) groups excluding carboxylic acids is 1. The molecule has 3 nitrogen and oxygen atoms in total. The van der Waals surface area contributed by atoms with Crippen LogP contribution < -0.4 is 0 Å². The minimum Gasteiger partial charge on any atom is -0.313 e. The Kier molecular flexibility index (Phi) is 3.29. The minimum atomic E-state index is -1.22. The summed E-state index contributed by atoms with van der Waals surface area (Å²) in [5.41, 5.74) is -0.791. The summed E-state index contributed by atoms with van der Waals surface area (Å²) < 4.78 is 26.3. The van der Waals surface area contributed by atoms with Crippen LogP contribution in [0.25, 0.3) is 0 Å². The second-order valence-electron chi connectivity index (χ2n) is 2.25. The maximum absolute atomic E-state index is 13.1. The monoisotopic (exact) mass is 263 g/mol. The van der Waals surface area contributed by atoms with Gasteiger partial charge >= 0.3 is 5.97 Å². The summed E-state index contributed by atoms with van der Waals surface area (Å²) in [5.74, 6) is -3.27. The van der Waals surface area contributed by atoms with Crippen molar-refractivity contribution in [1.29, 1.82) is 0 Å². The number of halogens is 3.